The van der Waals surface area contributed by atoms with Crippen LogP contribution in [0.5, 0.6) is 0 Å². The number of halogens is 1. The lowest BCUT2D eigenvalue weighted by molar-refractivity contribution is -0.137. The first kappa shape index (κ1) is 15.1. The van der Waals surface area contributed by atoms with Gasteiger partial charge in [0.25, 0.3) is 0 Å². The van der Waals surface area contributed by atoms with Crippen molar-refractivity contribution in [3.8, 4) is 0 Å². The normalized spacial score (nSPS) is 10.2. The van der Waals surface area contributed by atoms with Crippen LogP contribution in [0.1, 0.15) is 18.4 Å². The molecule has 0 fully saturated rings. The smallest absolute Gasteiger partial charge is 0.303 e. The third-order valence-electron chi connectivity index (χ3n) is 2.49. The molecule has 0 aromatic heterocycles. The molecule has 19 heavy (non-hydrogen) atoms. The first-order valence-corrected chi connectivity index (χ1v) is 5.97. The summed E-state index contributed by atoms with van der Waals surface area (Å²) in [6.45, 7) is 2.15. The topological polar surface area (TPSA) is 78.4 Å². The van der Waals surface area contributed by atoms with Crippen LogP contribution in [-0.2, 0) is 9.59 Å². The zero-order chi connectivity index (χ0) is 14.3. The Morgan fingerprint density at radius 3 is 2.74 bits per heavy atom. The first-order chi connectivity index (χ1) is 8.99. The molecule has 0 atom stereocenters. The van der Waals surface area contributed by atoms with E-state index in [1.807, 2.05) is 0 Å². The van der Waals surface area contributed by atoms with E-state index < -0.39 is 5.97 Å². The number of hydrogen-bond donors (Lipinski definition) is 3. The van der Waals surface area contributed by atoms with Gasteiger partial charge in [0, 0.05) is 12.1 Å². The van der Waals surface area contributed by atoms with Gasteiger partial charge in [-0.3, -0.25) is 9.59 Å². The number of benzene rings is 1. The maximum atomic E-state index is 13.2. The summed E-state index contributed by atoms with van der Waals surface area (Å²) in [6.07, 6.45) is 0.527. The van der Waals surface area contributed by atoms with Crippen molar-refractivity contribution < 1.29 is 19.1 Å². The van der Waals surface area contributed by atoms with E-state index in [1.54, 1.807) is 19.1 Å². The third-order valence-corrected chi connectivity index (χ3v) is 2.49. The number of carboxylic acids is 1. The summed E-state index contributed by atoms with van der Waals surface area (Å²) in [4.78, 5) is 21.7. The van der Waals surface area contributed by atoms with E-state index in [4.69, 9.17) is 5.11 Å². The standard InChI is InChI=1S/C13H17FN2O3/c1-9-4-5-10(7-11(9)14)16-12(17)8-15-6-2-3-13(18)19/h4-5,7,15H,2-3,6,8H2,1H3,(H,16,17)(H,18,19). The molecule has 3 N–H and O–H groups in total. The summed E-state index contributed by atoms with van der Waals surface area (Å²) < 4.78 is 13.2. The predicted octanol–water partition coefficient (Wildman–Crippen LogP) is 1.53. The van der Waals surface area contributed by atoms with Crippen molar-refractivity contribution in [3.05, 3.63) is 29.6 Å². The average molecular weight is 268 g/mol. The van der Waals surface area contributed by atoms with E-state index in [9.17, 15) is 14.0 Å². The van der Waals surface area contributed by atoms with Gasteiger partial charge in [0.15, 0.2) is 0 Å². The number of carbonyl (C=O) groups excluding carboxylic acids is 1. The minimum absolute atomic E-state index is 0.0646. The van der Waals surface area contributed by atoms with E-state index in [2.05, 4.69) is 10.6 Å². The highest BCUT2D eigenvalue weighted by atomic mass is 19.1. The number of hydrogen-bond acceptors (Lipinski definition) is 3. The van der Waals surface area contributed by atoms with Gasteiger partial charge < -0.3 is 15.7 Å². The van der Waals surface area contributed by atoms with E-state index in [0.717, 1.165) is 0 Å². The largest absolute Gasteiger partial charge is 0.481 e. The van der Waals surface area contributed by atoms with E-state index in [-0.39, 0.29) is 24.7 Å². The minimum atomic E-state index is -0.860. The second-order valence-corrected chi connectivity index (χ2v) is 4.19. The summed E-state index contributed by atoms with van der Waals surface area (Å²) in [5.41, 5.74) is 0.922. The van der Waals surface area contributed by atoms with Crippen LogP contribution < -0.4 is 10.6 Å². The maximum absolute atomic E-state index is 13.2. The lowest BCUT2D eigenvalue weighted by Crippen LogP contribution is -2.29. The van der Waals surface area contributed by atoms with Crippen LogP contribution in [0.15, 0.2) is 18.2 Å². The number of anilines is 1. The van der Waals surface area contributed by atoms with Crippen molar-refractivity contribution in [1.29, 1.82) is 0 Å². The second-order valence-electron chi connectivity index (χ2n) is 4.19. The molecule has 0 aliphatic carbocycles. The molecule has 0 bridgehead atoms. The van der Waals surface area contributed by atoms with E-state index in [0.29, 0.717) is 24.2 Å². The molecular formula is C13H17FN2O3. The summed E-state index contributed by atoms with van der Waals surface area (Å²) in [5, 5.41) is 13.8. The zero-order valence-corrected chi connectivity index (χ0v) is 10.7. The Labute approximate surface area is 110 Å². The van der Waals surface area contributed by atoms with E-state index in [1.165, 1.54) is 6.07 Å². The minimum Gasteiger partial charge on any atom is -0.481 e. The van der Waals surface area contributed by atoms with Crippen LogP contribution in [0.25, 0.3) is 0 Å². The summed E-state index contributed by atoms with van der Waals surface area (Å²) in [6, 6.07) is 4.48. The van der Waals surface area contributed by atoms with Crippen molar-refractivity contribution in [1.82, 2.24) is 5.32 Å². The summed E-state index contributed by atoms with van der Waals surface area (Å²) in [5.74, 6) is -1.52. The molecule has 1 amide bonds. The SMILES string of the molecule is Cc1ccc(NC(=O)CNCCCC(=O)O)cc1F. The molecule has 5 nitrogen and oxygen atoms in total. The number of aliphatic carboxylic acids is 1. The van der Waals surface area contributed by atoms with Gasteiger partial charge in [-0.1, -0.05) is 6.07 Å². The molecule has 1 aromatic rings. The van der Waals surface area contributed by atoms with Crippen molar-refractivity contribution in [2.75, 3.05) is 18.4 Å². The summed E-state index contributed by atoms with van der Waals surface area (Å²) in [7, 11) is 0. The van der Waals surface area contributed by atoms with Gasteiger partial charge in [0.2, 0.25) is 5.91 Å². The maximum Gasteiger partial charge on any atom is 0.303 e. The molecule has 0 saturated carbocycles. The van der Waals surface area contributed by atoms with Gasteiger partial charge in [-0.15, -0.1) is 0 Å². The van der Waals surface area contributed by atoms with Crippen molar-refractivity contribution in [2.24, 2.45) is 0 Å². The molecule has 6 heteroatoms. The Morgan fingerprint density at radius 1 is 1.37 bits per heavy atom. The number of rotatable bonds is 7. The fraction of sp³-hybridized carbons (Fsp3) is 0.385. The first-order valence-electron chi connectivity index (χ1n) is 5.97. The van der Waals surface area contributed by atoms with Crippen LogP contribution in [0.2, 0.25) is 0 Å². The molecule has 0 heterocycles. The zero-order valence-electron chi connectivity index (χ0n) is 10.7. The number of carboxylic acid groups (broad SMARTS) is 1. The van der Waals surface area contributed by atoms with Crippen LogP contribution in [0.3, 0.4) is 0 Å². The Hall–Kier alpha value is -1.95. The quantitative estimate of drug-likeness (QED) is 0.655. The van der Waals surface area contributed by atoms with Crippen LogP contribution in [-0.4, -0.2) is 30.1 Å². The molecule has 0 unspecified atom stereocenters. The number of amides is 1. The van der Waals surface area contributed by atoms with Gasteiger partial charge in [-0.05, 0) is 37.6 Å². The Balaban J connectivity index is 2.27. The van der Waals surface area contributed by atoms with Crippen molar-refractivity contribution >= 4 is 17.6 Å². The Morgan fingerprint density at radius 2 is 2.11 bits per heavy atom. The van der Waals surface area contributed by atoms with Gasteiger partial charge >= 0.3 is 5.97 Å². The van der Waals surface area contributed by atoms with Gasteiger partial charge in [0.05, 0.1) is 6.54 Å². The molecular weight excluding hydrogens is 251 g/mol. The molecule has 0 spiro atoms. The second kappa shape index (κ2) is 7.48. The monoisotopic (exact) mass is 268 g/mol. The van der Waals surface area contributed by atoms with Crippen molar-refractivity contribution in [2.45, 2.75) is 19.8 Å². The third kappa shape index (κ3) is 5.96. The van der Waals surface area contributed by atoms with Crippen molar-refractivity contribution in [3.63, 3.8) is 0 Å². The highest BCUT2D eigenvalue weighted by Gasteiger charge is 2.04. The van der Waals surface area contributed by atoms with E-state index >= 15 is 0 Å². The molecule has 0 saturated heterocycles. The number of carbonyl (C=O) groups is 2. The molecule has 0 radical (unpaired) electrons. The van der Waals surface area contributed by atoms with Gasteiger partial charge in [-0.2, -0.15) is 0 Å². The molecule has 1 aromatic carbocycles. The van der Waals surface area contributed by atoms with Crippen LogP contribution >= 0.6 is 0 Å². The lowest BCUT2D eigenvalue weighted by Gasteiger charge is -2.07. The molecule has 0 aliphatic heterocycles. The molecule has 104 valence electrons. The highest BCUT2D eigenvalue weighted by molar-refractivity contribution is 5.92. The molecule has 1 rings (SSSR count). The fourth-order valence-electron chi connectivity index (χ4n) is 1.44. The van der Waals surface area contributed by atoms with Crippen LogP contribution in [0.4, 0.5) is 10.1 Å². The predicted molar refractivity (Wildman–Crippen MR) is 69.5 cm³/mol. The average Bonchev–Trinajstić information content (AvgIpc) is 2.33. The Kier molecular flexibility index (Phi) is 5.95. The Bertz CT molecular complexity index is 463. The highest BCUT2D eigenvalue weighted by Crippen LogP contribution is 2.13. The fourth-order valence-corrected chi connectivity index (χ4v) is 1.44. The van der Waals surface area contributed by atoms with Gasteiger partial charge in [-0.25, -0.2) is 4.39 Å². The lowest BCUT2D eigenvalue weighted by atomic mass is 10.2. The summed E-state index contributed by atoms with van der Waals surface area (Å²) >= 11 is 0. The number of nitrogens with one attached hydrogen (secondary N) is 2. The molecule has 0 aliphatic rings. The van der Waals surface area contributed by atoms with Crippen LogP contribution in [0, 0.1) is 12.7 Å². The number of aryl methyl sites for hydroxylation is 1. The van der Waals surface area contributed by atoms with Gasteiger partial charge in [0.1, 0.15) is 5.82 Å².